The van der Waals surface area contributed by atoms with Crippen molar-refractivity contribution < 1.29 is 4.74 Å². The summed E-state index contributed by atoms with van der Waals surface area (Å²) in [6.45, 7) is 6.90. The molecule has 0 radical (unpaired) electrons. The summed E-state index contributed by atoms with van der Waals surface area (Å²) >= 11 is 0. The number of hydrogen-bond acceptors (Lipinski definition) is 3. The molecule has 20 heavy (non-hydrogen) atoms. The number of aryl methyl sites for hydroxylation is 1. The van der Waals surface area contributed by atoms with Crippen molar-refractivity contribution in [2.45, 2.75) is 65.0 Å². The molecule has 1 heterocycles. The lowest BCUT2D eigenvalue weighted by atomic mass is 10.1. The predicted octanol–water partition coefficient (Wildman–Crippen LogP) is 3.13. The Hall–Kier alpha value is -0.870. The lowest BCUT2D eigenvalue weighted by molar-refractivity contribution is 0.199. The maximum absolute atomic E-state index is 5.07. The SMILES string of the molecule is COCCNCc1c(C)nn(C2CCCCCC2)c1C. The molecule has 0 saturated heterocycles. The summed E-state index contributed by atoms with van der Waals surface area (Å²) in [6, 6.07) is 0.615. The van der Waals surface area contributed by atoms with E-state index in [9.17, 15) is 0 Å². The number of methoxy groups -OCH3 is 1. The van der Waals surface area contributed by atoms with Crippen molar-refractivity contribution >= 4 is 0 Å². The molecule has 1 aromatic rings. The minimum absolute atomic E-state index is 0.615. The molecule has 0 amide bonds. The zero-order valence-corrected chi connectivity index (χ0v) is 13.2. The molecular weight excluding hydrogens is 250 g/mol. The van der Waals surface area contributed by atoms with E-state index < -0.39 is 0 Å². The van der Waals surface area contributed by atoms with Crippen LogP contribution in [-0.4, -0.2) is 30.0 Å². The van der Waals surface area contributed by atoms with Gasteiger partial charge in [0.1, 0.15) is 0 Å². The second kappa shape index (κ2) is 7.79. The van der Waals surface area contributed by atoms with Gasteiger partial charge in [-0.25, -0.2) is 0 Å². The van der Waals surface area contributed by atoms with Crippen LogP contribution in [0, 0.1) is 13.8 Å². The third-order valence-electron chi connectivity index (χ3n) is 4.43. The van der Waals surface area contributed by atoms with Gasteiger partial charge in [-0.15, -0.1) is 0 Å². The highest BCUT2D eigenvalue weighted by Crippen LogP contribution is 2.29. The molecule has 1 aliphatic rings. The third kappa shape index (κ3) is 3.83. The van der Waals surface area contributed by atoms with Crippen LogP contribution < -0.4 is 5.32 Å². The van der Waals surface area contributed by atoms with Gasteiger partial charge < -0.3 is 10.1 Å². The summed E-state index contributed by atoms with van der Waals surface area (Å²) in [7, 11) is 1.74. The molecule has 0 aliphatic heterocycles. The van der Waals surface area contributed by atoms with Crippen molar-refractivity contribution in [2.24, 2.45) is 0 Å². The van der Waals surface area contributed by atoms with E-state index in [0.717, 1.165) is 19.7 Å². The number of aromatic nitrogens is 2. The Balaban J connectivity index is 2.03. The van der Waals surface area contributed by atoms with Gasteiger partial charge >= 0.3 is 0 Å². The summed E-state index contributed by atoms with van der Waals surface area (Å²) in [5, 5.41) is 8.25. The average molecular weight is 279 g/mol. The monoisotopic (exact) mass is 279 g/mol. The van der Waals surface area contributed by atoms with Gasteiger partial charge in [0.15, 0.2) is 0 Å². The molecule has 1 aliphatic carbocycles. The quantitative estimate of drug-likeness (QED) is 0.642. The summed E-state index contributed by atoms with van der Waals surface area (Å²) < 4.78 is 7.37. The van der Waals surface area contributed by atoms with Gasteiger partial charge in [-0.1, -0.05) is 25.7 Å². The molecule has 0 unspecified atom stereocenters. The van der Waals surface area contributed by atoms with Crippen LogP contribution >= 0.6 is 0 Å². The van der Waals surface area contributed by atoms with Gasteiger partial charge in [0.25, 0.3) is 0 Å². The molecule has 1 saturated carbocycles. The Morgan fingerprint density at radius 1 is 1.20 bits per heavy atom. The van der Waals surface area contributed by atoms with Crippen LogP contribution in [0.4, 0.5) is 0 Å². The largest absolute Gasteiger partial charge is 0.383 e. The van der Waals surface area contributed by atoms with E-state index in [1.54, 1.807) is 7.11 Å². The van der Waals surface area contributed by atoms with Crippen LogP contribution in [0.5, 0.6) is 0 Å². The van der Waals surface area contributed by atoms with Crippen LogP contribution in [0.15, 0.2) is 0 Å². The highest BCUT2D eigenvalue weighted by molar-refractivity contribution is 5.24. The minimum atomic E-state index is 0.615. The molecule has 0 spiro atoms. The highest BCUT2D eigenvalue weighted by atomic mass is 16.5. The molecule has 0 atom stereocenters. The molecule has 4 nitrogen and oxygen atoms in total. The van der Waals surface area contributed by atoms with Gasteiger partial charge in [0, 0.05) is 31.5 Å². The Kier molecular flexibility index (Phi) is 6.05. The van der Waals surface area contributed by atoms with Crippen molar-refractivity contribution in [2.75, 3.05) is 20.3 Å². The van der Waals surface area contributed by atoms with Crippen LogP contribution in [0.1, 0.15) is 61.5 Å². The number of nitrogens with zero attached hydrogens (tertiary/aromatic N) is 2. The number of rotatable bonds is 6. The van der Waals surface area contributed by atoms with E-state index in [2.05, 4.69) is 23.8 Å². The van der Waals surface area contributed by atoms with E-state index in [0.29, 0.717) is 6.04 Å². The number of hydrogen-bond donors (Lipinski definition) is 1. The summed E-state index contributed by atoms with van der Waals surface area (Å²) in [4.78, 5) is 0. The smallest absolute Gasteiger partial charge is 0.0641 e. The Morgan fingerprint density at radius 2 is 1.90 bits per heavy atom. The van der Waals surface area contributed by atoms with Crippen LogP contribution in [0.2, 0.25) is 0 Å². The highest BCUT2D eigenvalue weighted by Gasteiger charge is 2.19. The molecule has 1 aromatic heterocycles. The third-order valence-corrected chi connectivity index (χ3v) is 4.43. The molecule has 1 N–H and O–H groups in total. The van der Waals surface area contributed by atoms with E-state index in [-0.39, 0.29) is 0 Å². The first kappa shape index (κ1) is 15.5. The van der Waals surface area contributed by atoms with E-state index in [4.69, 9.17) is 9.84 Å². The van der Waals surface area contributed by atoms with E-state index in [1.165, 1.54) is 55.5 Å². The van der Waals surface area contributed by atoms with E-state index >= 15 is 0 Å². The fourth-order valence-electron chi connectivity index (χ4n) is 3.20. The molecule has 114 valence electrons. The van der Waals surface area contributed by atoms with Gasteiger partial charge in [-0.3, -0.25) is 4.68 Å². The van der Waals surface area contributed by atoms with Crippen molar-refractivity contribution in [1.29, 1.82) is 0 Å². The fourth-order valence-corrected chi connectivity index (χ4v) is 3.20. The normalized spacial score (nSPS) is 17.4. The van der Waals surface area contributed by atoms with Gasteiger partial charge in [0.05, 0.1) is 18.3 Å². The van der Waals surface area contributed by atoms with Gasteiger partial charge in [0.2, 0.25) is 0 Å². The van der Waals surface area contributed by atoms with Gasteiger partial charge in [-0.05, 0) is 26.7 Å². The first-order valence-corrected chi connectivity index (χ1v) is 7.98. The standard InChI is InChI=1S/C16H29N3O/c1-13-16(12-17-10-11-20-3)14(2)19(18-13)15-8-6-4-5-7-9-15/h15,17H,4-12H2,1-3H3. The van der Waals surface area contributed by atoms with Crippen molar-refractivity contribution in [1.82, 2.24) is 15.1 Å². The molecular formula is C16H29N3O. The summed E-state index contributed by atoms with van der Waals surface area (Å²) in [5.74, 6) is 0. The van der Waals surface area contributed by atoms with Crippen LogP contribution in [-0.2, 0) is 11.3 Å². The molecule has 2 rings (SSSR count). The lowest BCUT2D eigenvalue weighted by Gasteiger charge is -2.17. The Labute approximate surface area is 122 Å². The zero-order valence-electron chi connectivity index (χ0n) is 13.2. The summed E-state index contributed by atoms with van der Waals surface area (Å²) in [5.41, 5.74) is 3.89. The lowest BCUT2D eigenvalue weighted by Crippen LogP contribution is -2.19. The van der Waals surface area contributed by atoms with E-state index in [1.807, 2.05) is 0 Å². The van der Waals surface area contributed by atoms with Crippen LogP contribution in [0.3, 0.4) is 0 Å². The predicted molar refractivity (Wildman–Crippen MR) is 82.0 cm³/mol. The minimum Gasteiger partial charge on any atom is -0.383 e. The Morgan fingerprint density at radius 3 is 2.55 bits per heavy atom. The molecule has 0 bridgehead atoms. The first-order valence-electron chi connectivity index (χ1n) is 7.98. The first-order chi connectivity index (χ1) is 9.74. The molecule has 1 fully saturated rings. The maximum atomic E-state index is 5.07. The number of nitrogens with one attached hydrogen (secondary N) is 1. The fraction of sp³-hybridized carbons (Fsp3) is 0.812. The van der Waals surface area contributed by atoms with Crippen molar-refractivity contribution in [3.05, 3.63) is 17.0 Å². The second-order valence-corrected chi connectivity index (χ2v) is 5.91. The Bertz CT molecular complexity index is 406. The molecule has 4 heteroatoms. The average Bonchev–Trinajstić information content (AvgIpc) is 2.65. The van der Waals surface area contributed by atoms with Crippen molar-refractivity contribution in [3.63, 3.8) is 0 Å². The second-order valence-electron chi connectivity index (χ2n) is 5.91. The summed E-state index contributed by atoms with van der Waals surface area (Å²) in [6.07, 6.45) is 8.06. The van der Waals surface area contributed by atoms with Crippen LogP contribution in [0.25, 0.3) is 0 Å². The maximum Gasteiger partial charge on any atom is 0.0641 e. The van der Waals surface area contributed by atoms with Crippen molar-refractivity contribution in [3.8, 4) is 0 Å². The zero-order chi connectivity index (χ0) is 14.4. The number of ether oxygens (including phenoxy) is 1. The molecule has 0 aromatic carbocycles. The topological polar surface area (TPSA) is 39.1 Å². The van der Waals surface area contributed by atoms with Gasteiger partial charge in [-0.2, -0.15) is 5.10 Å².